The first-order valence-corrected chi connectivity index (χ1v) is 14.1. The molecular weight excluding hydrogens is 961 g/mol. The Hall–Kier alpha value is 2.01. The van der Waals surface area contributed by atoms with E-state index in [0.29, 0.717) is 53.3 Å². The van der Waals surface area contributed by atoms with E-state index in [2.05, 4.69) is 0 Å². The molecule has 0 saturated heterocycles. The number of benzene rings is 3. The van der Waals surface area contributed by atoms with Crippen molar-refractivity contribution < 1.29 is 39.1 Å². The van der Waals surface area contributed by atoms with Crippen LogP contribution in [0.5, 0.6) is 5.75 Å². The standard InChI is InChI=1S/C20H6Cl4I4O3.Na/c1-4-9(12(22)14(24)13(23)11(4)21)10-5-2-7(25)17(29)15(27)19(5)31-20-6(10)3-8(26)18(30)16(20)28;/h2-3,29H,1H3;/q;+1/p-1. The second-order valence-electron chi connectivity index (χ2n) is 6.49. The molecule has 0 atom stereocenters. The Morgan fingerprint density at radius 2 is 1.44 bits per heavy atom. The van der Waals surface area contributed by atoms with Crippen molar-refractivity contribution in [2.75, 3.05) is 0 Å². The average molecular weight is 966 g/mol. The van der Waals surface area contributed by atoms with Gasteiger partial charge >= 0.3 is 29.6 Å². The minimum Gasteiger partial charge on any atom is -0.871 e. The van der Waals surface area contributed by atoms with E-state index in [1.807, 2.05) is 90.4 Å². The van der Waals surface area contributed by atoms with Crippen LogP contribution in [0.15, 0.2) is 21.3 Å². The molecule has 2 aromatic carbocycles. The fourth-order valence-electron chi connectivity index (χ4n) is 3.29. The molecule has 1 heterocycles. The number of hydrogen-bond acceptors (Lipinski definition) is 3. The Morgan fingerprint density at radius 1 is 0.844 bits per heavy atom. The first-order chi connectivity index (χ1) is 14.5. The first-order valence-electron chi connectivity index (χ1n) is 8.23. The third-order valence-corrected chi connectivity index (χ3v) is 10.2. The molecule has 2 aromatic rings. The average Bonchev–Trinajstić information content (AvgIpc) is 2.74. The Balaban J connectivity index is 0.00000289. The van der Waals surface area contributed by atoms with E-state index in [1.54, 1.807) is 19.1 Å². The predicted octanol–water partition coefficient (Wildman–Crippen LogP) is 5.98. The Bertz CT molecular complexity index is 1440. The Kier molecular flexibility index (Phi) is 9.63. The zero-order valence-corrected chi connectivity index (χ0v) is 29.6. The van der Waals surface area contributed by atoms with Gasteiger partial charge in [-0.25, -0.2) is 0 Å². The fourth-order valence-corrected chi connectivity index (χ4v) is 7.91. The maximum Gasteiger partial charge on any atom is 1.00 e. The number of hydrogen-bond donors (Lipinski definition) is 0. The normalized spacial score (nSPS) is 11.3. The van der Waals surface area contributed by atoms with E-state index >= 15 is 0 Å². The summed E-state index contributed by atoms with van der Waals surface area (Å²) in [6, 6.07) is 3.49. The predicted molar refractivity (Wildman–Crippen MR) is 160 cm³/mol. The molecule has 0 fully saturated rings. The molecule has 160 valence electrons. The molecule has 0 N–H and O–H groups in total. The summed E-state index contributed by atoms with van der Waals surface area (Å²) in [6.45, 7) is 1.80. The van der Waals surface area contributed by atoms with Crippen LogP contribution in [0.2, 0.25) is 20.1 Å². The van der Waals surface area contributed by atoms with Crippen LogP contribution in [0.3, 0.4) is 0 Å². The molecule has 0 unspecified atom stereocenters. The summed E-state index contributed by atoms with van der Waals surface area (Å²) in [5.41, 5.74) is 2.74. The van der Waals surface area contributed by atoms with Gasteiger partial charge in [-0.05, 0) is 115 Å². The number of rotatable bonds is 1. The largest absolute Gasteiger partial charge is 1.00 e. The topological polar surface area (TPSA) is 53.3 Å². The molecule has 0 amide bonds. The molecule has 32 heavy (non-hydrogen) atoms. The van der Waals surface area contributed by atoms with Crippen molar-refractivity contribution in [1.82, 2.24) is 0 Å². The van der Waals surface area contributed by atoms with Crippen LogP contribution in [-0.4, -0.2) is 0 Å². The summed E-state index contributed by atoms with van der Waals surface area (Å²) in [5.74, 6) is 0.213. The van der Waals surface area contributed by atoms with Crippen LogP contribution in [-0.2, 0) is 0 Å². The third kappa shape index (κ3) is 4.58. The summed E-state index contributed by atoms with van der Waals surface area (Å²) in [6.07, 6.45) is 0. The maximum absolute atomic E-state index is 12.6. The van der Waals surface area contributed by atoms with Crippen LogP contribution in [0, 0.1) is 21.2 Å². The molecule has 0 radical (unpaired) electrons. The summed E-state index contributed by atoms with van der Waals surface area (Å²) < 4.78 is 8.01. The van der Waals surface area contributed by atoms with Crippen molar-refractivity contribution in [1.29, 1.82) is 0 Å². The van der Waals surface area contributed by atoms with Crippen LogP contribution < -0.4 is 40.1 Å². The zero-order valence-electron chi connectivity index (χ0n) is 15.9. The van der Waals surface area contributed by atoms with Gasteiger partial charge in [-0.1, -0.05) is 52.2 Å². The van der Waals surface area contributed by atoms with Crippen molar-refractivity contribution in [3.63, 3.8) is 0 Å². The van der Waals surface area contributed by atoms with Crippen molar-refractivity contribution in [3.05, 3.63) is 62.3 Å². The molecule has 1 aliphatic heterocycles. The smallest absolute Gasteiger partial charge is 0.871 e. The molecule has 2 aliphatic rings. The molecular formula is C20H5Cl4I4NaO3. The molecule has 0 aromatic heterocycles. The second-order valence-corrected chi connectivity index (χ2v) is 12.5. The number of halogens is 8. The van der Waals surface area contributed by atoms with Gasteiger partial charge < -0.3 is 9.52 Å². The zero-order chi connectivity index (χ0) is 22.9. The monoisotopic (exact) mass is 964 g/mol. The molecule has 1 aliphatic carbocycles. The molecule has 0 spiro atoms. The quantitative estimate of drug-likeness (QED) is 0.0777. The summed E-state index contributed by atoms with van der Waals surface area (Å²) in [7, 11) is 0. The fraction of sp³-hybridized carbons (Fsp3) is 0.0500. The van der Waals surface area contributed by atoms with Gasteiger partial charge in [0, 0.05) is 29.2 Å². The van der Waals surface area contributed by atoms with E-state index in [0.717, 1.165) is 0 Å². The van der Waals surface area contributed by atoms with Gasteiger partial charge in [-0.15, -0.1) is 0 Å². The van der Waals surface area contributed by atoms with Gasteiger partial charge in [-0.2, -0.15) is 0 Å². The molecule has 0 bridgehead atoms. The molecule has 3 nitrogen and oxygen atoms in total. The van der Waals surface area contributed by atoms with Gasteiger partial charge in [0.25, 0.3) is 0 Å². The molecule has 12 heteroatoms. The third-order valence-electron chi connectivity index (χ3n) is 4.76. The maximum atomic E-state index is 12.6. The van der Waals surface area contributed by atoms with E-state index in [9.17, 15) is 9.90 Å². The van der Waals surface area contributed by atoms with Crippen LogP contribution in [0.4, 0.5) is 0 Å². The van der Waals surface area contributed by atoms with Gasteiger partial charge in [0.05, 0.1) is 23.7 Å². The number of fused-ring (bicyclic) bond motifs is 2. The van der Waals surface area contributed by atoms with Gasteiger partial charge in [-0.3, -0.25) is 4.79 Å². The van der Waals surface area contributed by atoms with Crippen LogP contribution in [0.1, 0.15) is 5.56 Å². The van der Waals surface area contributed by atoms with Gasteiger partial charge in [0.2, 0.25) is 5.43 Å². The van der Waals surface area contributed by atoms with E-state index in [1.165, 1.54) is 0 Å². The first kappa shape index (κ1) is 28.6. The summed E-state index contributed by atoms with van der Waals surface area (Å²) >= 11 is 33.8. The second kappa shape index (κ2) is 10.8. The van der Waals surface area contributed by atoms with Gasteiger partial charge in [0.1, 0.15) is 9.15 Å². The minimum atomic E-state index is -0.152. The van der Waals surface area contributed by atoms with Gasteiger partial charge in [0.15, 0.2) is 5.76 Å². The van der Waals surface area contributed by atoms with Crippen molar-refractivity contribution in [3.8, 4) is 28.2 Å². The SMILES string of the molecule is Cc1c(Cl)c(Cl)c(Cl)c(Cl)c1-c1c2cc(I)c(=O)c(I)c-2oc2c(I)c([O-])c(I)cc12.[Na+]. The van der Waals surface area contributed by atoms with Crippen molar-refractivity contribution >= 4 is 148 Å². The minimum absolute atomic E-state index is 0. The van der Waals surface area contributed by atoms with Crippen molar-refractivity contribution in [2.24, 2.45) is 0 Å². The summed E-state index contributed by atoms with van der Waals surface area (Å²) in [4.78, 5) is 12.6. The molecule has 4 rings (SSSR count). The Labute approximate surface area is 279 Å². The van der Waals surface area contributed by atoms with E-state index in [-0.39, 0.29) is 60.8 Å². The Morgan fingerprint density at radius 3 is 2.06 bits per heavy atom. The van der Waals surface area contributed by atoms with Crippen LogP contribution >= 0.6 is 137 Å². The molecule has 0 saturated carbocycles. The van der Waals surface area contributed by atoms with E-state index in [4.69, 9.17) is 50.8 Å². The van der Waals surface area contributed by atoms with Crippen molar-refractivity contribution in [2.45, 2.75) is 6.92 Å². The van der Waals surface area contributed by atoms with E-state index < -0.39 is 0 Å². The summed E-state index contributed by atoms with van der Waals surface area (Å²) in [5, 5.41) is 14.1. The van der Waals surface area contributed by atoms with Crippen LogP contribution in [0.25, 0.3) is 33.4 Å².